The molecule has 0 aromatic carbocycles. The summed E-state index contributed by atoms with van der Waals surface area (Å²) in [5.74, 6) is 1.12. The number of phosphoric ester groups is 2. The van der Waals surface area contributed by atoms with Crippen LogP contribution in [0.2, 0.25) is 0 Å². The molecule has 0 bridgehead atoms. The van der Waals surface area contributed by atoms with E-state index in [0.29, 0.717) is 31.6 Å². The molecule has 0 aromatic rings. The first-order valence-electron chi connectivity index (χ1n) is 47.3. The molecule has 0 aromatic heterocycles. The first kappa shape index (κ1) is 109. The summed E-state index contributed by atoms with van der Waals surface area (Å²) in [6.45, 7) is 14.4. The van der Waals surface area contributed by atoms with Gasteiger partial charge in [-0.25, -0.2) is 9.13 Å². The van der Waals surface area contributed by atoms with Crippen molar-refractivity contribution in [1.29, 1.82) is 0 Å². The van der Waals surface area contributed by atoms with Crippen molar-refractivity contribution in [2.75, 3.05) is 39.6 Å². The molecule has 0 aliphatic heterocycles. The predicted octanol–water partition coefficient (Wildman–Crippen LogP) is 28.3. The maximum absolute atomic E-state index is 13.2. The minimum Gasteiger partial charge on any atom is -0.462 e. The van der Waals surface area contributed by atoms with E-state index in [0.717, 1.165) is 114 Å². The van der Waals surface area contributed by atoms with Gasteiger partial charge in [0.2, 0.25) is 0 Å². The highest BCUT2D eigenvalue weighted by Crippen LogP contribution is 2.45. The van der Waals surface area contributed by atoms with E-state index in [1.165, 1.54) is 283 Å². The largest absolute Gasteiger partial charge is 0.472 e. The van der Waals surface area contributed by atoms with Crippen molar-refractivity contribution in [3.05, 3.63) is 0 Å². The Morgan fingerprint density at radius 2 is 0.432 bits per heavy atom. The second-order valence-corrected chi connectivity index (χ2v) is 37.4. The molecule has 17 nitrogen and oxygen atoms in total. The molecular formula is C92H180O17P2. The van der Waals surface area contributed by atoms with Gasteiger partial charge in [-0.2, -0.15) is 0 Å². The zero-order valence-corrected chi connectivity index (χ0v) is 75.4. The van der Waals surface area contributed by atoms with E-state index in [2.05, 4.69) is 55.4 Å². The molecule has 0 aliphatic carbocycles. The molecule has 0 amide bonds. The molecule has 111 heavy (non-hydrogen) atoms. The number of ether oxygens (including phenoxy) is 4. The van der Waals surface area contributed by atoms with Crippen LogP contribution in [0.4, 0.5) is 0 Å². The summed E-state index contributed by atoms with van der Waals surface area (Å²) < 4.78 is 69.0. The molecule has 0 heterocycles. The summed E-state index contributed by atoms with van der Waals surface area (Å²) in [4.78, 5) is 73.4. The number of unbranched alkanes of at least 4 members (excludes halogenated alkanes) is 53. The smallest absolute Gasteiger partial charge is 0.462 e. The highest BCUT2D eigenvalue weighted by molar-refractivity contribution is 7.47. The number of hydrogen-bond donors (Lipinski definition) is 3. The Hall–Kier alpha value is -1.94. The third kappa shape index (κ3) is 82.9. The van der Waals surface area contributed by atoms with Gasteiger partial charge in [0.05, 0.1) is 26.4 Å². The molecule has 7 atom stereocenters. The Balaban J connectivity index is 5.18. The van der Waals surface area contributed by atoms with E-state index in [9.17, 15) is 43.2 Å². The Labute approximate surface area is 683 Å². The topological polar surface area (TPSA) is 237 Å². The van der Waals surface area contributed by atoms with E-state index in [1.807, 2.05) is 0 Å². The van der Waals surface area contributed by atoms with Crippen LogP contribution in [0, 0.1) is 23.7 Å². The van der Waals surface area contributed by atoms with E-state index in [4.69, 9.17) is 37.0 Å². The average molecular weight is 1620 g/mol. The quantitative estimate of drug-likeness (QED) is 0.0222. The van der Waals surface area contributed by atoms with Gasteiger partial charge in [0, 0.05) is 25.7 Å². The summed E-state index contributed by atoms with van der Waals surface area (Å²) in [6, 6.07) is 0. The third-order valence-electron chi connectivity index (χ3n) is 22.3. The van der Waals surface area contributed by atoms with Crippen LogP contribution < -0.4 is 0 Å². The highest BCUT2D eigenvalue weighted by atomic mass is 31.2. The van der Waals surface area contributed by atoms with E-state index in [-0.39, 0.29) is 25.7 Å². The van der Waals surface area contributed by atoms with Crippen molar-refractivity contribution in [1.82, 2.24) is 0 Å². The summed E-state index contributed by atoms with van der Waals surface area (Å²) in [5, 5.41) is 10.7. The molecule has 0 spiro atoms. The van der Waals surface area contributed by atoms with Crippen LogP contribution in [0.25, 0.3) is 0 Å². The van der Waals surface area contributed by atoms with E-state index >= 15 is 0 Å². The van der Waals surface area contributed by atoms with Crippen molar-refractivity contribution in [2.45, 2.75) is 504 Å². The predicted molar refractivity (Wildman–Crippen MR) is 460 cm³/mol. The van der Waals surface area contributed by atoms with Crippen LogP contribution in [0.15, 0.2) is 0 Å². The molecule has 0 aliphatic rings. The molecule has 3 N–H and O–H groups in total. The van der Waals surface area contributed by atoms with Gasteiger partial charge >= 0.3 is 39.5 Å². The van der Waals surface area contributed by atoms with Gasteiger partial charge in [0.15, 0.2) is 12.2 Å². The van der Waals surface area contributed by atoms with Gasteiger partial charge in [-0.3, -0.25) is 37.3 Å². The maximum atomic E-state index is 13.2. The Kier molecular flexibility index (Phi) is 79.1. The molecule has 19 heteroatoms. The summed E-state index contributed by atoms with van der Waals surface area (Å²) in [7, 11) is -9.94. The number of carbonyl (C=O) groups excluding carboxylic acids is 4. The fourth-order valence-corrected chi connectivity index (χ4v) is 15.9. The normalized spacial score (nSPS) is 14.3. The van der Waals surface area contributed by atoms with Crippen LogP contribution >= 0.6 is 15.6 Å². The van der Waals surface area contributed by atoms with Gasteiger partial charge in [-0.05, 0) is 49.4 Å². The molecule has 4 unspecified atom stereocenters. The lowest BCUT2D eigenvalue weighted by Gasteiger charge is -2.21. The fourth-order valence-electron chi connectivity index (χ4n) is 14.3. The number of hydrogen-bond acceptors (Lipinski definition) is 15. The maximum Gasteiger partial charge on any atom is 0.472 e. The Morgan fingerprint density at radius 3 is 0.640 bits per heavy atom. The van der Waals surface area contributed by atoms with Crippen LogP contribution in [-0.4, -0.2) is 96.7 Å². The lowest BCUT2D eigenvalue weighted by Crippen LogP contribution is -2.30. The lowest BCUT2D eigenvalue weighted by molar-refractivity contribution is -0.161. The molecule has 0 radical (unpaired) electrons. The number of rotatable bonds is 89. The number of aliphatic hydroxyl groups excluding tert-OH is 1. The second-order valence-electron chi connectivity index (χ2n) is 34.5. The standard InChI is InChI=1S/C92H180O17P2/c1-9-84(7)70-62-54-45-39-33-27-21-15-11-13-17-23-30-36-42-48-58-66-74-91(96)108-87(78-102-89(94)72-64-56-47-41-35-29-25-19-20-26-32-38-44-52-60-68-82(3)4)80-106-110(98,99)104-76-86(93)77-105-111(100,101)107-81-88(79-103-90(95)73-65-57-51-50-53-61-69-83(5)6)109-92(97)75-67-59-49-43-37-31-24-18-14-12-16-22-28-34-40-46-55-63-71-85(8)10-2/h82-88,93H,9-81H2,1-8H3,(H,98,99)(H,100,101)/t84?,85?,86-,87-,88-/m1/s1. The zero-order valence-electron chi connectivity index (χ0n) is 73.6. The minimum atomic E-state index is -4.97. The van der Waals surface area contributed by atoms with E-state index < -0.39 is 97.5 Å². The van der Waals surface area contributed by atoms with Gasteiger partial charge < -0.3 is 33.8 Å². The van der Waals surface area contributed by atoms with Crippen LogP contribution in [0.5, 0.6) is 0 Å². The zero-order chi connectivity index (χ0) is 81.6. The first-order chi connectivity index (χ1) is 53.7. The monoisotopic (exact) mass is 1620 g/mol. The Morgan fingerprint density at radius 1 is 0.252 bits per heavy atom. The molecule has 0 rings (SSSR count). The highest BCUT2D eigenvalue weighted by Gasteiger charge is 2.31. The van der Waals surface area contributed by atoms with Crippen molar-refractivity contribution in [3.63, 3.8) is 0 Å². The summed E-state index contributed by atoms with van der Waals surface area (Å²) >= 11 is 0. The van der Waals surface area contributed by atoms with Crippen LogP contribution in [0.3, 0.4) is 0 Å². The number of esters is 4. The number of aliphatic hydroxyl groups is 1. The van der Waals surface area contributed by atoms with Gasteiger partial charge in [-0.1, -0.05) is 434 Å². The molecular weight excluding hydrogens is 1440 g/mol. The van der Waals surface area contributed by atoms with Gasteiger partial charge in [0.1, 0.15) is 19.3 Å². The van der Waals surface area contributed by atoms with Crippen molar-refractivity contribution in [2.24, 2.45) is 23.7 Å². The average Bonchev–Trinajstić information content (AvgIpc) is 0.899. The van der Waals surface area contributed by atoms with E-state index in [1.54, 1.807) is 0 Å². The number of phosphoric acid groups is 2. The fraction of sp³-hybridized carbons (Fsp3) is 0.957. The molecule has 0 saturated heterocycles. The number of carbonyl (C=O) groups is 4. The van der Waals surface area contributed by atoms with Gasteiger partial charge in [-0.15, -0.1) is 0 Å². The summed E-state index contributed by atoms with van der Waals surface area (Å²) in [5.41, 5.74) is 0. The van der Waals surface area contributed by atoms with Crippen molar-refractivity contribution < 1.29 is 80.2 Å². The molecule has 0 fully saturated rings. The second kappa shape index (κ2) is 80.5. The molecule has 0 saturated carbocycles. The van der Waals surface area contributed by atoms with Gasteiger partial charge in [0.25, 0.3) is 0 Å². The van der Waals surface area contributed by atoms with Crippen LogP contribution in [0.1, 0.15) is 486 Å². The third-order valence-corrected chi connectivity index (χ3v) is 24.2. The Bertz CT molecular complexity index is 2150. The summed E-state index contributed by atoms with van der Waals surface area (Å²) in [6.07, 6.45) is 72.4. The first-order valence-corrected chi connectivity index (χ1v) is 50.3. The lowest BCUT2D eigenvalue weighted by atomic mass is 9.99. The van der Waals surface area contributed by atoms with Crippen molar-refractivity contribution >= 4 is 39.5 Å². The molecule has 660 valence electrons. The SMILES string of the molecule is CCC(C)CCCCCCCCCCCCCCCCCCCCC(=O)O[C@H](COC(=O)CCCCCCCCCCCCCCCCCC(C)C)COP(=O)(O)OC[C@@H](O)COP(=O)(O)OC[C@@H](COC(=O)CCCCCCCCC(C)C)OC(=O)CCCCCCCCCCCCCCCCCCCCC(C)CC. The van der Waals surface area contributed by atoms with Crippen molar-refractivity contribution in [3.8, 4) is 0 Å². The van der Waals surface area contributed by atoms with Crippen LogP contribution in [-0.2, 0) is 65.4 Å². The minimum absolute atomic E-state index is 0.107.